The summed E-state index contributed by atoms with van der Waals surface area (Å²) in [5.41, 5.74) is 2.79. The average molecular weight is 205 g/mol. The summed E-state index contributed by atoms with van der Waals surface area (Å²) in [5.74, 6) is 1.05. The van der Waals surface area contributed by atoms with Crippen LogP contribution >= 0.6 is 0 Å². The van der Waals surface area contributed by atoms with E-state index in [1.807, 2.05) is 0 Å². The molecule has 2 nitrogen and oxygen atoms in total. The van der Waals surface area contributed by atoms with Crippen LogP contribution < -0.4 is 10.1 Å². The number of hydrogen-bond donors (Lipinski definition) is 1. The van der Waals surface area contributed by atoms with Gasteiger partial charge >= 0.3 is 0 Å². The Labute approximate surface area is 91.6 Å². The van der Waals surface area contributed by atoms with Crippen molar-refractivity contribution >= 4 is 5.69 Å². The largest absolute Gasteiger partial charge is 0.493 e. The van der Waals surface area contributed by atoms with Crippen molar-refractivity contribution in [2.45, 2.75) is 27.2 Å². The molecule has 1 aliphatic heterocycles. The van der Waals surface area contributed by atoms with Gasteiger partial charge in [-0.25, -0.2) is 0 Å². The smallest absolute Gasteiger partial charge is 0.124 e. The van der Waals surface area contributed by atoms with Crippen LogP contribution in [-0.2, 0) is 6.42 Å². The fraction of sp³-hybridized carbons (Fsp3) is 0.538. The maximum absolute atomic E-state index is 5.87. The molecule has 0 aromatic heterocycles. The van der Waals surface area contributed by atoms with Gasteiger partial charge in [0, 0.05) is 17.8 Å². The molecule has 0 unspecified atom stereocenters. The van der Waals surface area contributed by atoms with Crippen molar-refractivity contribution in [3.63, 3.8) is 0 Å². The van der Waals surface area contributed by atoms with Crippen LogP contribution in [0.2, 0.25) is 0 Å². The van der Waals surface area contributed by atoms with E-state index < -0.39 is 0 Å². The molecule has 0 radical (unpaired) electrons. The quantitative estimate of drug-likeness (QED) is 0.801. The van der Waals surface area contributed by atoms with Crippen LogP contribution in [0, 0.1) is 5.41 Å². The van der Waals surface area contributed by atoms with Gasteiger partial charge in [0.05, 0.1) is 6.61 Å². The maximum atomic E-state index is 5.87. The minimum Gasteiger partial charge on any atom is -0.493 e. The van der Waals surface area contributed by atoms with Gasteiger partial charge in [0.1, 0.15) is 5.75 Å². The van der Waals surface area contributed by atoms with Crippen molar-refractivity contribution in [2.24, 2.45) is 5.41 Å². The monoisotopic (exact) mass is 205 g/mol. The molecule has 1 N–H and O–H groups in total. The van der Waals surface area contributed by atoms with Crippen LogP contribution in [0.4, 0.5) is 5.69 Å². The minimum absolute atomic E-state index is 0.217. The molecular weight excluding hydrogens is 186 g/mol. The molecular formula is C13H19NO. The molecule has 0 amide bonds. The number of nitrogens with one attached hydrogen (secondary N) is 1. The van der Waals surface area contributed by atoms with Gasteiger partial charge in [0.25, 0.3) is 0 Å². The van der Waals surface area contributed by atoms with E-state index in [4.69, 9.17) is 4.74 Å². The Kier molecular flexibility index (Phi) is 2.59. The number of rotatable bonds is 2. The van der Waals surface area contributed by atoms with E-state index in [0.717, 1.165) is 25.3 Å². The van der Waals surface area contributed by atoms with Gasteiger partial charge in [-0.1, -0.05) is 26.8 Å². The van der Waals surface area contributed by atoms with Crippen LogP contribution in [0.15, 0.2) is 18.2 Å². The Balaban J connectivity index is 2.12. The molecule has 82 valence electrons. The maximum Gasteiger partial charge on any atom is 0.124 e. The molecule has 0 spiro atoms. The zero-order valence-corrected chi connectivity index (χ0v) is 9.76. The molecule has 0 bridgehead atoms. The summed E-state index contributed by atoms with van der Waals surface area (Å²) in [6, 6.07) is 6.24. The van der Waals surface area contributed by atoms with Gasteiger partial charge in [-0.3, -0.25) is 0 Å². The second-order valence-electron chi connectivity index (χ2n) is 5.31. The zero-order valence-electron chi connectivity index (χ0n) is 9.76. The fourth-order valence-corrected chi connectivity index (χ4v) is 1.74. The first-order valence-electron chi connectivity index (χ1n) is 5.55. The van der Waals surface area contributed by atoms with E-state index in [9.17, 15) is 0 Å². The number of hydrogen-bond acceptors (Lipinski definition) is 2. The molecule has 0 aliphatic carbocycles. The van der Waals surface area contributed by atoms with Gasteiger partial charge in [0.15, 0.2) is 0 Å². The van der Waals surface area contributed by atoms with E-state index in [-0.39, 0.29) is 5.41 Å². The zero-order chi connectivity index (χ0) is 10.9. The summed E-state index contributed by atoms with van der Waals surface area (Å²) < 4.78 is 5.87. The Bertz CT molecular complexity index is 352. The standard InChI is InChI=1S/C13H19NO/c1-13(2,3)9-15-12-6-4-5-11-10(12)7-8-14-11/h4-6,14H,7-9H2,1-3H3. The molecule has 1 aromatic rings. The van der Waals surface area contributed by atoms with Crippen molar-refractivity contribution in [1.29, 1.82) is 0 Å². The van der Waals surface area contributed by atoms with E-state index >= 15 is 0 Å². The first-order valence-corrected chi connectivity index (χ1v) is 5.55. The third kappa shape index (κ3) is 2.44. The molecule has 0 fully saturated rings. The van der Waals surface area contributed by atoms with Crippen LogP contribution in [0.1, 0.15) is 26.3 Å². The molecule has 2 rings (SSSR count). The SMILES string of the molecule is CC(C)(C)COc1cccc2c1CCN2. The lowest BCUT2D eigenvalue weighted by Gasteiger charge is -2.20. The molecule has 15 heavy (non-hydrogen) atoms. The average Bonchev–Trinajstić information content (AvgIpc) is 2.61. The first kappa shape index (κ1) is 10.3. The molecule has 0 atom stereocenters. The second kappa shape index (κ2) is 3.76. The summed E-state index contributed by atoms with van der Waals surface area (Å²) in [6.45, 7) is 8.37. The van der Waals surface area contributed by atoms with Crippen molar-refractivity contribution < 1.29 is 4.74 Å². The normalized spacial score (nSPS) is 14.6. The highest BCUT2D eigenvalue weighted by Gasteiger charge is 2.17. The first-order chi connectivity index (χ1) is 7.06. The molecule has 1 aliphatic rings. The molecule has 0 saturated carbocycles. The van der Waals surface area contributed by atoms with E-state index in [0.29, 0.717) is 0 Å². The Morgan fingerprint density at radius 1 is 1.33 bits per heavy atom. The van der Waals surface area contributed by atoms with E-state index in [1.54, 1.807) is 0 Å². The molecule has 0 saturated heterocycles. The van der Waals surface area contributed by atoms with Crippen molar-refractivity contribution in [3.05, 3.63) is 23.8 Å². The minimum atomic E-state index is 0.217. The summed E-state index contributed by atoms with van der Waals surface area (Å²) in [5, 5.41) is 3.36. The Morgan fingerprint density at radius 3 is 2.87 bits per heavy atom. The lowest BCUT2D eigenvalue weighted by atomic mass is 9.98. The van der Waals surface area contributed by atoms with Crippen molar-refractivity contribution in [3.8, 4) is 5.75 Å². The summed E-state index contributed by atoms with van der Waals surface area (Å²) >= 11 is 0. The molecule has 1 aromatic carbocycles. The highest BCUT2D eigenvalue weighted by Crippen LogP contribution is 2.31. The Morgan fingerprint density at radius 2 is 2.13 bits per heavy atom. The van der Waals surface area contributed by atoms with E-state index in [2.05, 4.69) is 44.3 Å². The van der Waals surface area contributed by atoms with Gasteiger partial charge in [-0.2, -0.15) is 0 Å². The van der Waals surface area contributed by atoms with Crippen molar-refractivity contribution in [2.75, 3.05) is 18.5 Å². The van der Waals surface area contributed by atoms with Crippen LogP contribution in [0.25, 0.3) is 0 Å². The summed E-state index contributed by atoms with van der Waals surface area (Å²) in [4.78, 5) is 0. The predicted octanol–water partition coefficient (Wildman–Crippen LogP) is 3.08. The highest BCUT2D eigenvalue weighted by atomic mass is 16.5. The summed E-state index contributed by atoms with van der Waals surface area (Å²) in [7, 11) is 0. The number of fused-ring (bicyclic) bond motifs is 1. The number of anilines is 1. The van der Waals surface area contributed by atoms with E-state index in [1.165, 1.54) is 11.3 Å². The fourth-order valence-electron chi connectivity index (χ4n) is 1.74. The molecule has 1 heterocycles. The lowest BCUT2D eigenvalue weighted by Crippen LogP contribution is -2.17. The highest BCUT2D eigenvalue weighted by molar-refractivity contribution is 5.61. The van der Waals surface area contributed by atoms with Gasteiger partial charge in [-0.05, 0) is 24.0 Å². The third-order valence-corrected chi connectivity index (χ3v) is 2.48. The van der Waals surface area contributed by atoms with Gasteiger partial charge < -0.3 is 10.1 Å². The number of ether oxygens (including phenoxy) is 1. The van der Waals surface area contributed by atoms with Gasteiger partial charge in [0.2, 0.25) is 0 Å². The number of benzene rings is 1. The third-order valence-electron chi connectivity index (χ3n) is 2.48. The Hall–Kier alpha value is -1.18. The lowest BCUT2D eigenvalue weighted by molar-refractivity contribution is 0.197. The summed E-state index contributed by atoms with van der Waals surface area (Å²) in [6.07, 6.45) is 1.08. The second-order valence-corrected chi connectivity index (χ2v) is 5.31. The van der Waals surface area contributed by atoms with Crippen molar-refractivity contribution in [1.82, 2.24) is 0 Å². The van der Waals surface area contributed by atoms with Crippen LogP contribution in [0.5, 0.6) is 5.75 Å². The van der Waals surface area contributed by atoms with Crippen LogP contribution in [-0.4, -0.2) is 13.2 Å². The molecule has 2 heteroatoms. The topological polar surface area (TPSA) is 21.3 Å². The predicted molar refractivity (Wildman–Crippen MR) is 63.6 cm³/mol. The van der Waals surface area contributed by atoms with Gasteiger partial charge in [-0.15, -0.1) is 0 Å². The van der Waals surface area contributed by atoms with Crippen LogP contribution in [0.3, 0.4) is 0 Å².